The molecule has 2 rings (SSSR count). The third-order valence-electron chi connectivity index (χ3n) is 2.49. The van der Waals surface area contributed by atoms with Gasteiger partial charge in [0.1, 0.15) is 0 Å². The molecular formula is C14H13Br2NS. The van der Waals surface area contributed by atoms with Crippen molar-refractivity contribution in [3.63, 3.8) is 0 Å². The highest BCUT2D eigenvalue weighted by Gasteiger charge is 2.06. The van der Waals surface area contributed by atoms with Crippen molar-refractivity contribution in [1.82, 2.24) is 0 Å². The predicted octanol–water partition coefficient (Wildman–Crippen LogP) is 4.86. The minimum Gasteiger partial charge on any atom is -0.330 e. The Hall–Kier alpha value is -0.290. The first-order valence-electron chi connectivity index (χ1n) is 5.61. The van der Waals surface area contributed by atoms with Crippen molar-refractivity contribution in [2.45, 2.75) is 16.2 Å². The number of halogens is 2. The van der Waals surface area contributed by atoms with Gasteiger partial charge in [0.15, 0.2) is 0 Å². The predicted molar refractivity (Wildman–Crippen MR) is 85.2 cm³/mol. The van der Waals surface area contributed by atoms with Gasteiger partial charge in [-0.25, -0.2) is 0 Å². The molecule has 1 nitrogen and oxygen atoms in total. The van der Waals surface area contributed by atoms with Gasteiger partial charge in [0.05, 0.1) is 0 Å². The van der Waals surface area contributed by atoms with Gasteiger partial charge in [-0.1, -0.05) is 30.0 Å². The molecule has 94 valence electrons. The molecule has 0 fully saturated rings. The second-order valence-electron chi connectivity index (χ2n) is 3.84. The average Bonchev–Trinajstić information content (AvgIpc) is 2.35. The van der Waals surface area contributed by atoms with E-state index >= 15 is 0 Å². The molecule has 0 unspecified atom stereocenters. The van der Waals surface area contributed by atoms with Crippen LogP contribution in [0.2, 0.25) is 0 Å². The van der Waals surface area contributed by atoms with Crippen LogP contribution >= 0.6 is 43.6 Å². The maximum absolute atomic E-state index is 5.57. The van der Waals surface area contributed by atoms with Crippen LogP contribution in [-0.4, -0.2) is 6.54 Å². The normalized spacial score (nSPS) is 10.6. The molecule has 2 N–H and O–H groups in total. The van der Waals surface area contributed by atoms with Gasteiger partial charge in [-0.3, -0.25) is 0 Å². The minimum atomic E-state index is 0.684. The second kappa shape index (κ2) is 6.75. The van der Waals surface area contributed by atoms with Crippen LogP contribution in [0.25, 0.3) is 0 Å². The number of nitrogens with two attached hydrogens (primary N) is 1. The molecule has 0 amide bonds. The van der Waals surface area contributed by atoms with E-state index in [4.69, 9.17) is 5.73 Å². The summed E-state index contributed by atoms with van der Waals surface area (Å²) in [5, 5.41) is 0. The van der Waals surface area contributed by atoms with E-state index < -0.39 is 0 Å². The van der Waals surface area contributed by atoms with E-state index in [9.17, 15) is 0 Å². The monoisotopic (exact) mass is 385 g/mol. The molecule has 0 atom stereocenters. The Balaban J connectivity index is 2.22. The van der Waals surface area contributed by atoms with Crippen LogP contribution in [0.5, 0.6) is 0 Å². The van der Waals surface area contributed by atoms with Crippen molar-refractivity contribution in [1.29, 1.82) is 0 Å². The molecule has 0 bridgehead atoms. The summed E-state index contributed by atoms with van der Waals surface area (Å²) in [6.45, 7) is 0.684. The van der Waals surface area contributed by atoms with Crippen molar-refractivity contribution < 1.29 is 0 Å². The number of hydrogen-bond acceptors (Lipinski definition) is 2. The fourth-order valence-electron chi connectivity index (χ4n) is 1.60. The Labute approximate surface area is 128 Å². The zero-order chi connectivity index (χ0) is 13.0. The molecule has 0 aliphatic rings. The zero-order valence-corrected chi connectivity index (χ0v) is 13.7. The van der Waals surface area contributed by atoms with Crippen LogP contribution in [-0.2, 0) is 6.42 Å². The van der Waals surface area contributed by atoms with E-state index in [1.165, 1.54) is 15.4 Å². The lowest BCUT2D eigenvalue weighted by atomic mass is 10.2. The van der Waals surface area contributed by atoms with Crippen molar-refractivity contribution in [3.8, 4) is 0 Å². The molecule has 18 heavy (non-hydrogen) atoms. The molecule has 4 heteroatoms. The Morgan fingerprint density at radius 3 is 2.33 bits per heavy atom. The number of hydrogen-bond donors (Lipinski definition) is 1. The molecule has 0 aliphatic heterocycles. The molecule has 2 aromatic carbocycles. The summed E-state index contributed by atoms with van der Waals surface area (Å²) in [5.41, 5.74) is 6.83. The summed E-state index contributed by atoms with van der Waals surface area (Å²) in [6.07, 6.45) is 0.915. The first-order valence-corrected chi connectivity index (χ1v) is 8.02. The standard InChI is InChI=1S/C14H13Br2NS/c15-11-3-1-2-4-13(11)18-14-6-5-10(7-8-17)9-12(14)16/h1-6,9H,7-8,17H2. The highest BCUT2D eigenvalue weighted by Crippen LogP contribution is 2.37. The Kier molecular flexibility index (Phi) is 5.30. The lowest BCUT2D eigenvalue weighted by molar-refractivity contribution is 0.965. The lowest BCUT2D eigenvalue weighted by Gasteiger charge is -2.08. The SMILES string of the molecule is NCCc1ccc(Sc2ccccc2Br)c(Br)c1. The topological polar surface area (TPSA) is 26.0 Å². The van der Waals surface area contributed by atoms with Gasteiger partial charge in [-0.05, 0) is 74.7 Å². The maximum atomic E-state index is 5.57. The molecule has 2 aromatic rings. The van der Waals surface area contributed by atoms with Crippen molar-refractivity contribution in [3.05, 3.63) is 57.0 Å². The van der Waals surface area contributed by atoms with Crippen molar-refractivity contribution in [2.75, 3.05) is 6.54 Å². The first-order chi connectivity index (χ1) is 8.70. The highest BCUT2D eigenvalue weighted by atomic mass is 79.9. The molecule has 0 aliphatic carbocycles. The van der Waals surface area contributed by atoms with Crippen LogP contribution in [0.4, 0.5) is 0 Å². The van der Waals surface area contributed by atoms with E-state index in [0.29, 0.717) is 6.54 Å². The molecular weight excluding hydrogens is 374 g/mol. The molecule has 0 spiro atoms. The smallest absolute Gasteiger partial charge is 0.0317 e. The van der Waals surface area contributed by atoms with Crippen molar-refractivity contribution >= 4 is 43.6 Å². The summed E-state index contributed by atoms with van der Waals surface area (Å²) < 4.78 is 2.24. The van der Waals surface area contributed by atoms with E-state index in [0.717, 1.165) is 15.4 Å². The average molecular weight is 387 g/mol. The van der Waals surface area contributed by atoms with Crippen LogP contribution < -0.4 is 5.73 Å². The van der Waals surface area contributed by atoms with Gasteiger partial charge in [0.25, 0.3) is 0 Å². The van der Waals surface area contributed by atoms with Crippen molar-refractivity contribution in [2.24, 2.45) is 5.73 Å². The quantitative estimate of drug-likeness (QED) is 0.811. The fourth-order valence-corrected chi connectivity index (χ4v) is 3.63. The van der Waals surface area contributed by atoms with Crippen LogP contribution in [0.3, 0.4) is 0 Å². The molecule has 0 radical (unpaired) electrons. The number of benzene rings is 2. The molecule has 0 saturated heterocycles. The van der Waals surface area contributed by atoms with E-state index in [1.54, 1.807) is 11.8 Å². The largest absolute Gasteiger partial charge is 0.330 e. The Morgan fingerprint density at radius 1 is 0.944 bits per heavy atom. The summed E-state index contributed by atoms with van der Waals surface area (Å²) in [5.74, 6) is 0. The van der Waals surface area contributed by atoms with Gasteiger partial charge in [0, 0.05) is 18.7 Å². The van der Waals surface area contributed by atoms with E-state index in [2.05, 4.69) is 62.2 Å². The van der Waals surface area contributed by atoms with Gasteiger partial charge < -0.3 is 5.73 Å². The first kappa shape index (κ1) is 14.1. The Morgan fingerprint density at radius 2 is 1.67 bits per heavy atom. The second-order valence-corrected chi connectivity index (χ2v) is 6.63. The lowest BCUT2D eigenvalue weighted by Crippen LogP contribution is -2.02. The molecule has 0 aromatic heterocycles. The number of rotatable bonds is 4. The summed E-state index contributed by atoms with van der Waals surface area (Å²) in [4.78, 5) is 2.42. The van der Waals surface area contributed by atoms with E-state index in [-0.39, 0.29) is 0 Å². The fraction of sp³-hybridized carbons (Fsp3) is 0.143. The van der Waals surface area contributed by atoms with Crippen LogP contribution in [0.1, 0.15) is 5.56 Å². The van der Waals surface area contributed by atoms with Gasteiger partial charge >= 0.3 is 0 Å². The summed E-state index contributed by atoms with van der Waals surface area (Å²) >= 11 is 8.93. The summed E-state index contributed by atoms with van der Waals surface area (Å²) in [7, 11) is 0. The third-order valence-corrected chi connectivity index (χ3v) is 5.51. The van der Waals surface area contributed by atoms with Gasteiger partial charge in [-0.2, -0.15) is 0 Å². The minimum absolute atomic E-state index is 0.684. The zero-order valence-electron chi connectivity index (χ0n) is 9.70. The van der Waals surface area contributed by atoms with E-state index in [1.807, 2.05) is 12.1 Å². The highest BCUT2D eigenvalue weighted by molar-refractivity contribution is 9.11. The Bertz CT molecular complexity index is 543. The van der Waals surface area contributed by atoms with Gasteiger partial charge in [-0.15, -0.1) is 0 Å². The van der Waals surface area contributed by atoms with Crippen LogP contribution in [0.15, 0.2) is 61.2 Å². The maximum Gasteiger partial charge on any atom is 0.0317 e. The van der Waals surface area contributed by atoms with Crippen LogP contribution in [0, 0.1) is 0 Å². The molecule has 0 heterocycles. The molecule has 0 saturated carbocycles. The van der Waals surface area contributed by atoms with Gasteiger partial charge in [0.2, 0.25) is 0 Å². The third kappa shape index (κ3) is 3.60. The summed E-state index contributed by atoms with van der Waals surface area (Å²) in [6, 6.07) is 14.6.